The fraction of sp³-hybridized carbons (Fsp3) is 0.667. The highest BCUT2D eigenvalue weighted by Crippen LogP contribution is 2.20. The van der Waals surface area contributed by atoms with E-state index in [0.717, 1.165) is 4.90 Å². The van der Waals surface area contributed by atoms with Crippen LogP contribution in [-0.2, 0) is 19.1 Å². The van der Waals surface area contributed by atoms with Crippen molar-refractivity contribution in [3.63, 3.8) is 0 Å². The predicted molar refractivity (Wildman–Crippen MR) is 49.0 cm³/mol. The van der Waals surface area contributed by atoms with E-state index in [4.69, 9.17) is 9.84 Å². The van der Waals surface area contributed by atoms with Gasteiger partial charge in [0.05, 0.1) is 6.42 Å². The highest BCUT2D eigenvalue weighted by atomic mass is 16.5. The Bertz CT molecular complexity index is 301. The van der Waals surface area contributed by atoms with Crippen LogP contribution in [0.1, 0.15) is 19.8 Å². The molecule has 15 heavy (non-hydrogen) atoms. The number of likely N-dealkylation sites (tertiary alicyclic amines) is 1. The number of carboxylic acids is 1. The first-order chi connectivity index (χ1) is 7.02. The van der Waals surface area contributed by atoms with Crippen molar-refractivity contribution in [2.24, 2.45) is 0 Å². The summed E-state index contributed by atoms with van der Waals surface area (Å²) in [7, 11) is 1.32. The number of imide groups is 1. The van der Waals surface area contributed by atoms with E-state index < -0.39 is 29.9 Å². The van der Waals surface area contributed by atoms with Gasteiger partial charge in [-0.2, -0.15) is 0 Å². The summed E-state index contributed by atoms with van der Waals surface area (Å²) >= 11 is 0. The quantitative estimate of drug-likeness (QED) is 0.646. The van der Waals surface area contributed by atoms with E-state index in [-0.39, 0.29) is 12.8 Å². The number of nitrogens with zero attached hydrogens (tertiary/aromatic N) is 1. The molecule has 0 saturated carbocycles. The van der Waals surface area contributed by atoms with Crippen LogP contribution in [0.5, 0.6) is 0 Å². The van der Waals surface area contributed by atoms with Crippen molar-refractivity contribution in [1.29, 1.82) is 0 Å². The summed E-state index contributed by atoms with van der Waals surface area (Å²) < 4.78 is 4.79. The number of carbonyl (C=O) groups excluding carboxylic acids is 2. The van der Waals surface area contributed by atoms with E-state index >= 15 is 0 Å². The summed E-state index contributed by atoms with van der Waals surface area (Å²) in [5.41, 5.74) is 0. The first-order valence-electron chi connectivity index (χ1n) is 4.64. The summed E-state index contributed by atoms with van der Waals surface area (Å²) in [5, 5.41) is 8.84. The number of hydrogen-bond donors (Lipinski definition) is 1. The predicted octanol–water partition coefficient (Wildman–Crippen LogP) is -0.376. The van der Waals surface area contributed by atoms with Crippen molar-refractivity contribution in [2.45, 2.75) is 31.9 Å². The summed E-state index contributed by atoms with van der Waals surface area (Å²) in [6.45, 7) is 1.61. The number of carboxylic acid groups (broad SMARTS) is 1. The maximum Gasteiger partial charge on any atom is 0.326 e. The maximum atomic E-state index is 11.6. The van der Waals surface area contributed by atoms with Gasteiger partial charge >= 0.3 is 5.97 Å². The Morgan fingerprint density at radius 2 is 2.27 bits per heavy atom. The average Bonchev–Trinajstić information content (AvgIpc) is 2.45. The highest BCUT2D eigenvalue weighted by Gasteiger charge is 2.44. The molecule has 1 aliphatic heterocycles. The van der Waals surface area contributed by atoms with Gasteiger partial charge in [-0.3, -0.25) is 14.5 Å². The van der Waals surface area contributed by atoms with E-state index in [1.165, 1.54) is 7.11 Å². The molecule has 1 rings (SSSR count). The van der Waals surface area contributed by atoms with Crippen LogP contribution in [0.25, 0.3) is 0 Å². The minimum atomic E-state index is -1.17. The van der Waals surface area contributed by atoms with Crippen LogP contribution in [-0.4, -0.2) is 47.0 Å². The molecule has 6 nitrogen and oxygen atoms in total. The van der Waals surface area contributed by atoms with Gasteiger partial charge in [-0.1, -0.05) is 6.92 Å². The standard InChI is InChI=1S/C9H13NO5/c1-3-5(9(13)14)10-7(11)4-6(15-2)8(10)12/h5-6H,3-4H2,1-2H3,(H,13,14). The Kier molecular flexibility index (Phi) is 3.41. The molecule has 2 amide bonds. The highest BCUT2D eigenvalue weighted by molar-refractivity contribution is 6.07. The molecule has 1 saturated heterocycles. The summed E-state index contributed by atoms with van der Waals surface area (Å²) in [4.78, 5) is 34.6. The first kappa shape index (κ1) is 11.6. The second kappa shape index (κ2) is 4.39. The second-order valence-corrected chi connectivity index (χ2v) is 3.29. The van der Waals surface area contributed by atoms with E-state index in [1.807, 2.05) is 0 Å². The normalized spacial score (nSPS) is 23.3. The lowest BCUT2D eigenvalue weighted by atomic mass is 10.2. The smallest absolute Gasteiger partial charge is 0.326 e. The van der Waals surface area contributed by atoms with Crippen LogP contribution in [0, 0.1) is 0 Å². The molecule has 0 spiro atoms. The van der Waals surface area contributed by atoms with E-state index in [1.54, 1.807) is 6.92 Å². The summed E-state index contributed by atoms with van der Waals surface area (Å²) in [6.07, 6.45) is -0.701. The lowest BCUT2D eigenvalue weighted by molar-refractivity contribution is -0.155. The van der Waals surface area contributed by atoms with Crippen molar-refractivity contribution < 1.29 is 24.2 Å². The van der Waals surface area contributed by atoms with Gasteiger partial charge in [0.2, 0.25) is 5.91 Å². The van der Waals surface area contributed by atoms with Crippen LogP contribution in [0.15, 0.2) is 0 Å². The number of aliphatic carboxylic acids is 1. The third-order valence-corrected chi connectivity index (χ3v) is 2.41. The Hall–Kier alpha value is -1.43. The molecule has 2 atom stereocenters. The average molecular weight is 215 g/mol. The zero-order valence-electron chi connectivity index (χ0n) is 8.60. The molecule has 84 valence electrons. The number of carbonyl (C=O) groups is 3. The van der Waals surface area contributed by atoms with Crippen LogP contribution in [0.4, 0.5) is 0 Å². The second-order valence-electron chi connectivity index (χ2n) is 3.29. The van der Waals surface area contributed by atoms with Gasteiger partial charge in [0, 0.05) is 7.11 Å². The molecule has 0 radical (unpaired) electrons. The Balaban J connectivity index is 2.90. The van der Waals surface area contributed by atoms with Gasteiger partial charge in [0.25, 0.3) is 5.91 Å². The fourth-order valence-electron chi connectivity index (χ4n) is 1.60. The third kappa shape index (κ3) is 1.99. The van der Waals surface area contributed by atoms with Gasteiger partial charge < -0.3 is 9.84 Å². The zero-order valence-corrected chi connectivity index (χ0v) is 8.60. The van der Waals surface area contributed by atoms with E-state index in [2.05, 4.69) is 0 Å². The number of rotatable bonds is 4. The Labute approximate surface area is 86.8 Å². The third-order valence-electron chi connectivity index (χ3n) is 2.41. The minimum Gasteiger partial charge on any atom is -0.480 e. The molecule has 1 N–H and O–H groups in total. The van der Waals surface area contributed by atoms with Crippen LogP contribution in [0.3, 0.4) is 0 Å². The molecule has 0 aromatic heterocycles. The van der Waals surface area contributed by atoms with Crippen LogP contribution >= 0.6 is 0 Å². The molecular formula is C9H13NO5. The van der Waals surface area contributed by atoms with Crippen molar-refractivity contribution in [3.05, 3.63) is 0 Å². The Morgan fingerprint density at radius 1 is 1.67 bits per heavy atom. The van der Waals surface area contributed by atoms with Crippen LogP contribution < -0.4 is 0 Å². The number of methoxy groups -OCH3 is 1. The SMILES string of the molecule is CCC(C(=O)O)N1C(=O)CC(OC)C1=O. The van der Waals surface area contributed by atoms with Crippen molar-refractivity contribution in [3.8, 4) is 0 Å². The molecule has 1 aliphatic rings. The van der Waals surface area contributed by atoms with Gasteiger partial charge in [0.15, 0.2) is 0 Å². The monoisotopic (exact) mass is 215 g/mol. The molecule has 1 fully saturated rings. The number of hydrogen-bond acceptors (Lipinski definition) is 4. The Morgan fingerprint density at radius 3 is 2.60 bits per heavy atom. The van der Waals surface area contributed by atoms with Gasteiger partial charge in [0.1, 0.15) is 12.1 Å². The first-order valence-corrected chi connectivity index (χ1v) is 4.64. The van der Waals surface area contributed by atoms with Crippen molar-refractivity contribution in [2.75, 3.05) is 7.11 Å². The van der Waals surface area contributed by atoms with Gasteiger partial charge in [-0.15, -0.1) is 0 Å². The molecule has 0 bridgehead atoms. The lowest BCUT2D eigenvalue weighted by Gasteiger charge is -2.21. The number of ether oxygens (including phenoxy) is 1. The molecule has 0 aromatic carbocycles. The summed E-state index contributed by atoms with van der Waals surface area (Å²) in [5.74, 6) is -2.21. The van der Waals surface area contributed by atoms with E-state index in [9.17, 15) is 14.4 Å². The molecular weight excluding hydrogens is 202 g/mol. The number of amides is 2. The minimum absolute atomic E-state index is 0.0703. The fourth-order valence-corrected chi connectivity index (χ4v) is 1.60. The molecule has 0 aromatic rings. The van der Waals surface area contributed by atoms with Crippen molar-refractivity contribution >= 4 is 17.8 Å². The molecule has 2 unspecified atom stereocenters. The van der Waals surface area contributed by atoms with Gasteiger partial charge in [-0.05, 0) is 6.42 Å². The van der Waals surface area contributed by atoms with Crippen molar-refractivity contribution in [1.82, 2.24) is 4.90 Å². The largest absolute Gasteiger partial charge is 0.480 e. The van der Waals surface area contributed by atoms with Gasteiger partial charge in [-0.25, -0.2) is 4.79 Å². The lowest BCUT2D eigenvalue weighted by Crippen LogP contribution is -2.45. The zero-order chi connectivity index (χ0) is 11.6. The molecule has 6 heteroatoms. The summed E-state index contributed by atoms with van der Waals surface area (Å²) in [6, 6.07) is -1.08. The molecule has 0 aliphatic carbocycles. The van der Waals surface area contributed by atoms with E-state index in [0.29, 0.717) is 0 Å². The topological polar surface area (TPSA) is 83.9 Å². The molecule has 1 heterocycles. The maximum absolute atomic E-state index is 11.6. The van der Waals surface area contributed by atoms with Crippen LogP contribution in [0.2, 0.25) is 0 Å².